The number of aromatic nitrogens is 2. The Morgan fingerprint density at radius 2 is 2.22 bits per heavy atom. The van der Waals surface area contributed by atoms with Crippen LogP contribution in [0.1, 0.15) is 30.3 Å². The molecule has 23 heavy (non-hydrogen) atoms. The van der Waals surface area contributed by atoms with E-state index < -0.39 is 0 Å². The van der Waals surface area contributed by atoms with Gasteiger partial charge in [0.2, 0.25) is 0 Å². The number of piperidine rings is 1. The highest BCUT2D eigenvalue weighted by atomic mass is 19.1. The van der Waals surface area contributed by atoms with Crippen LogP contribution in [0.25, 0.3) is 5.69 Å². The quantitative estimate of drug-likeness (QED) is 0.944. The van der Waals surface area contributed by atoms with Crippen molar-refractivity contribution in [2.24, 2.45) is 5.92 Å². The van der Waals surface area contributed by atoms with Crippen LogP contribution in [-0.4, -0.2) is 44.9 Å². The van der Waals surface area contributed by atoms with Crippen molar-refractivity contribution in [3.63, 3.8) is 0 Å². The Hall–Kier alpha value is -2.21. The summed E-state index contributed by atoms with van der Waals surface area (Å²) in [6, 6.07) is 7.84. The number of carbonyl (C=O) groups excluding carboxylic acids is 1. The molecule has 5 nitrogen and oxygen atoms in total. The van der Waals surface area contributed by atoms with E-state index in [1.807, 2.05) is 6.92 Å². The van der Waals surface area contributed by atoms with E-state index in [1.54, 1.807) is 29.3 Å². The highest BCUT2D eigenvalue weighted by molar-refractivity contribution is 5.92. The van der Waals surface area contributed by atoms with E-state index in [1.165, 1.54) is 16.8 Å². The van der Waals surface area contributed by atoms with Gasteiger partial charge in [-0.2, -0.15) is 5.10 Å². The first-order valence-corrected chi connectivity index (χ1v) is 7.82. The number of likely N-dealkylation sites (tertiary alicyclic amines) is 1. The molecular formula is C17H20FN3O2. The lowest BCUT2D eigenvalue weighted by atomic mass is 9.94. The highest BCUT2D eigenvalue weighted by Gasteiger charge is 2.30. The van der Waals surface area contributed by atoms with Crippen molar-refractivity contribution in [3.05, 3.63) is 48.0 Å². The topological polar surface area (TPSA) is 58.4 Å². The Morgan fingerprint density at radius 1 is 1.39 bits per heavy atom. The molecule has 0 spiro atoms. The lowest BCUT2D eigenvalue weighted by Crippen LogP contribution is -2.46. The average Bonchev–Trinajstić information content (AvgIpc) is 3.05. The SMILES string of the molecule is CC1CCC(CO)CN1C(=O)c1ccn(-c2cccc(F)c2)n1. The van der Waals surface area contributed by atoms with Crippen molar-refractivity contribution in [3.8, 4) is 5.69 Å². The van der Waals surface area contributed by atoms with Gasteiger partial charge < -0.3 is 10.0 Å². The summed E-state index contributed by atoms with van der Waals surface area (Å²) in [5.41, 5.74) is 0.906. The largest absolute Gasteiger partial charge is 0.396 e. The Morgan fingerprint density at radius 3 is 2.96 bits per heavy atom. The van der Waals surface area contributed by atoms with Crippen molar-refractivity contribution >= 4 is 5.91 Å². The van der Waals surface area contributed by atoms with Gasteiger partial charge in [0, 0.05) is 25.4 Å². The van der Waals surface area contributed by atoms with Crippen molar-refractivity contribution in [1.29, 1.82) is 0 Å². The normalized spacial score (nSPS) is 21.4. The maximum Gasteiger partial charge on any atom is 0.274 e. The Bertz CT molecular complexity index is 701. The fraction of sp³-hybridized carbons (Fsp3) is 0.412. The van der Waals surface area contributed by atoms with Gasteiger partial charge in [0.05, 0.1) is 5.69 Å². The molecule has 0 radical (unpaired) electrons. The van der Waals surface area contributed by atoms with Gasteiger partial charge in [0.25, 0.3) is 5.91 Å². The zero-order chi connectivity index (χ0) is 16.4. The molecule has 1 aromatic heterocycles. The Kier molecular flexibility index (Phi) is 4.43. The summed E-state index contributed by atoms with van der Waals surface area (Å²) >= 11 is 0. The van der Waals surface area contributed by atoms with Gasteiger partial charge in [-0.15, -0.1) is 0 Å². The van der Waals surface area contributed by atoms with E-state index in [-0.39, 0.29) is 30.3 Å². The van der Waals surface area contributed by atoms with Crippen LogP contribution in [-0.2, 0) is 0 Å². The molecule has 0 saturated carbocycles. The summed E-state index contributed by atoms with van der Waals surface area (Å²) in [6.07, 6.45) is 3.46. The molecule has 2 aromatic rings. The third-order valence-corrected chi connectivity index (χ3v) is 4.38. The summed E-state index contributed by atoms with van der Waals surface area (Å²) in [4.78, 5) is 14.4. The molecule has 6 heteroatoms. The molecule has 122 valence electrons. The van der Waals surface area contributed by atoms with Gasteiger partial charge in [0.15, 0.2) is 5.69 Å². The first-order valence-electron chi connectivity index (χ1n) is 7.82. The van der Waals surface area contributed by atoms with E-state index in [0.717, 1.165) is 12.8 Å². The van der Waals surface area contributed by atoms with Crippen LogP contribution in [0.4, 0.5) is 4.39 Å². The van der Waals surface area contributed by atoms with Crippen LogP contribution < -0.4 is 0 Å². The number of aliphatic hydroxyl groups excluding tert-OH is 1. The van der Waals surface area contributed by atoms with Gasteiger partial charge in [-0.25, -0.2) is 9.07 Å². The number of nitrogens with zero attached hydrogens (tertiary/aromatic N) is 3. The van der Waals surface area contributed by atoms with E-state index in [0.29, 0.717) is 17.9 Å². The summed E-state index contributed by atoms with van der Waals surface area (Å²) in [5, 5.41) is 13.6. The standard InChI is InChI=1S/C17H20FN3O2/c1-12-5-6-13(11-22)10-20(12)17(23)16-7-8-21(19-16)15-4-2-3-14(18)9-15/h2-4,7-9,12-13,22H,5-6,10-11H2,1H3. The highest BCUT2D eigenvalue weighted by Crippen LogP contribution is 2.23. The zero-order valence-electron chi connectivity index (χ0n) is 13.0. The van der Waals surface area contributed by atoms with Gasteiger partial charge in [-0.05, 0) is 49.9 Å². The van der Waals surface area contributed by atoms with E-state index in [2.05, 4.69) is 5.10 Å². The van der Waals surface area contributed by atoms with Crippen LogP contribution in [0.15, 0.2) is 36.5 Å². The van der Waals surface area contributed by atoms with E-state index in [9.17, 15) is 14.3 Å². The minimum atomic E-state index is -0.346. The molecule has 0 bridgehead atoms. The first kappa shape index (κ1) is 15.7. The zero-order valence-corrected chi connectivity index (χ0v) is 13.0. The number of hydrogen-bond acceptors (Lipinski definition) is 3. The van der Waals surface area contributed by atoms with Crippen LogP contribution in [0.5, 0.6) is 0 Å². The van der Waals surface area contributed by atoms with Gasteiger partial charge in [-0.3, -0.25) is 4.79 Å². The second-order valence-corrected chi connectivity index (χ2v) is 6.06. The third kappa shape index (κ3) is 3.27. The molecule has 1 aromatic carbocycles. The van der Waals surface area contributed by atoms with Gasteiger partial charge in [0.1, 0.15) is 5.82 Å². The monoisotopic (exact) mass is 317 g/mol. The summed E-state index contributed by atoms with van der Waals surface area (Å²) in [7, 11) is 0. The number of hydrogen-bond donors (Lipinski definition) is 1. The van der Waals surface area contributed by atoms with Crippen LogP contribution in [0.3, 0.4) is 0 Å². The van der Waals surface area contributed by atoms with Crippen molar-refractivity contribution < 1.29 is 14.3 Å². The lowest BCUT2D eigenvalue weighted by molar-refractivity contribution is 0.0483. The Balaban J connectivity index is 1.80. The molecule has 2 heterocycles. The number of aliphatic hydroxyl groups is 1. The lowest BCUT2D eigenvalue weighted by Gasteiger charge is -2.37. The molecule has 1 fully saturated rings. The van der Waals surface area contributed by atoms with Gasteiger partial charge in [-0.1, -0.05) is 6.07 Å². The van der Waals surface area contributed by atoms with E-state index >= 15 is 0 Å². The second kappa shape index (κ2) is 6.50. The average molecular weight is 317 g/mol. The summed E-state index contributed by atoms with van der Waals surface area (Å²) in [6.45, 7) is 2.65. The number of halogens is 1. The molecule has 1 aliphatic heterocycles. The summed E-state index contributed by atoms with van der Waals surface area (Å²) in [5.74, 6) is -0.368. The fourth-order valence-electron chi connectivity index (χ4n) is 2.96. The summed E-state index contributed by atoms with van der Waals surface area (Å²) < 4.78 is 14.8. The van der Waals surface area contributed by atoms with Crippen molar-refractivity contribution in [2.45, 2.75) is 25.8 Å². The second-order valence-electron chi connectivity index (χ2n) is 6.06. The fourth-order valence-corrected chi connectivity index (χ4v) is 2.96. The number of rotatable bonds is 3. The maximum absolute atomic E-state index is 13.3. The third-order valence-electron chi connectivity index (χ3n) is 4.38. The van der Waals surface area contributed by atoms with Crippen molar-refractivity contribution in [1.82, 2.24) is 14.7 Å². The molecule has 1 N–H and O–H groups in total. The molecule has 1 saturated heterocycles. The van der Waals surface area contributed by atoms with Crippen LogP contribution in [0.2, 0.25) is 0 Å². The maximum atomic E-state index is 13.3. The predicted octanol–water partition coefficient (Wildman–Crippen LogP) is 2.24. The minimum Gasteiger partial charge on any atom is -0.396 e. The molecular weight excluding hydrogens is 297 g/mol. The number of carbonyl (C=O) groups is 1. The van der Waals surface area contributed by atoms with Crippen LogP contribution in [0, 0.1) is 11.7 Å². The Labute approximate surface area is 134 Å². The van der Waals surface area contributed by atoms with Crippen LogP contribution >= 0.6 is 0 Å². The molecule has 2 atom stereocenters. The smallest absolute Gasteiger partial charge is 0.274 e. The number of benzene rings is 1. The van der Waals surface area contributed by atoms with Gasteiger partial charge >= 0.3 is 0 Å². The predicted molar refractivity (Wildman–Crippen MR) is 83.8 cm³/mol. The van der Waals surface area contributed by atoms with E-state index in [4.69, 9.17) is 0 Å². The van der Waals surface area contributed by atoms with Crippen molar-refractivity contribution in [2.75, 3.05) is 13.2 Å². The molecule has 0 aliphatic carbocycles. The first-order chi connectivity index (χ1) is 11.1. The molecule has 3 rings (SSSR count). The molecule has 2 unspecified atom stereocenters. The molecule has 1 aliphatic rings. The number of amides is 1. The molecule has 1 amide bonds. The minimum absolute atomic E-state index is 0.0915.